The van der Waals surface area contributed by atoms with Crippen LogP contribution in [-0.2, 0) is 0 Å². The first-order chi connectivity index (χ1) is 8.59. The molecule has 2 aromatic carbocycles. The summed E-state index contributed by atoms with van der Waals surface area (Å²) in [6.45, 7) is 1.65. The zero-order valence-electron chi connectivity index (χ0n) is 10.0. The largest absolute Gasteiger partial charge is 0.385 e. The molecule has 94 valence electrons. The van der Waals surface area contributed by atoms with Gasteiger partial charge in [-0.25, -0.2) is 4.39 Å². The van der Waals surface area contributed by atoms with Crippen molar-refractivity contribution >= 4 is 0 Å². The first-order valence-electron chi connectivity index (χ1n) is 5.76. The van der Waals surface area contributed by atoms with Crippen LogP contribution in [0.2, 0.25) is 0 Å². The number of hydrogen-bond acceptors (Lipinski definition) is 2. The van der Waals surface area contributed by atoms with Crippen LogP contribution in [0.5, 0.6) is 0 Å². The molecule has 0 fully saturated rings. The molecule has 2 aromatic rings. The molecule has 0 bridgehead atoms. The maximum Gasteiger partial charge on any atom is 0.126 e. The van der Waals surface area contributed by atoms with Crippen LogP contribution in [0, 0.1) is 12.7 Å². The van der Waals surface area contributed by atoms with Crippen molar-refractivity contribution < 1.29 is 14.6 Å². The summed E-state index contributed by atoms with van der Waals surface area (Å²) >= 11 is 0. The van der Waals surface area contributed by atoms with Crippen LogP contribution in [0.25, 0.3) is 0 Å². The molecule has 0 heterocycles. The van der Waals surface area contributed by atoms with E-state index in [9.17, 15) is 14.6 Å². The van der Waals surface area contributed by atoms with Crippen LogP contribution in [0.3, 0.4) is 0 Å². The predicted molar refractivity (Wildman–Crippen MR) is 67.5 cm³/mol. The summed E-state index contributed by atoms with van der Waals surface area (Å²) in [6, 6.07) is 13.3. The Morgan fingerprint density at radius 3 is 2.11 bits per heavy atom. The molecule has 0 amide bonds. The molecule has 0 radical (unpaired) electrons. The average molecular weight is 246 g/mol. The molecule has 0 spiro atoms. The smallest absolute Gasteiger partial charge is 0.126 e. The molecule has 0 saturated carbocycles. The SMILES string of the molecule is Cc1ccc(C(O)C(O)c2ccccc2)cc1F. The van der Waals surface area contributed by atoms with Crippen molar-refractivity contribution in [3.63, 3.8) is 0 Å². The van der Waals surface area contributed by atoms with Crippen LogP contribution in [0.4, 0.5) is 4.39 Å². The van der Waals surface area contributed by atoms with Gasteiger partial charge in [0.25, 0.3) is 0 Å². The lowest BCUT2D eigenvalue weighted by molar-refractivity contribution is 0.0171. The second kappa shape index (κ2) is 5.29. The van der Waals surface area contributed by atoms with Gasteiger partial charge in [0, 0.05) is 0 Å². The van der Waals surface area contributed by atoms with E-state index in [-0.39, 0.29) is 5.82 Å². The highest BCUT2D eigenvalue weighted by Gasteiger charge is 2.20. The van der Waals surface area contributed by atoms with Crippen molar-refractivity contribution in [1.82, 2.24) is 0 Å². The lowest BCUT2D eigenvalue weighted by Gasteiger charge is -2.18. The fourth-order valence-corrected chi connectivity index (χ4v) is 1.81. The zero-order chi connectivity index (χ0) is 13.1. The van der Waals surface area contributed by atoms with E-state index < -0.39 is 12.2 Å². The molecule has 2 N–H and O–H groups in total. The number of aryl methyl sites for hydroxylation is 1. The molecule has 0 aliphatic heterocycles. The predicted octanol–water partition coefficient (Wildman–Crippen LogP) is 2.90. The molecule has 0 aliphatic rings. The first-order valence-corrected chi connectivity index (χ1v) is 5.76. The third-order valence-electron chi connectivity index (χ3n) is 2.98. The average Bonchev–Trinajstić information content (AvgIpc) is 2.41. The van der Waals surface area contributed by atoms with Crippen molar-refractivity contribution in [2.24, 2.45) is 0 Å². The molecule has 2 rings (SSSR count). The Kier molecular flexibility index (Phi) is 3.75. The van der Waals surface area contributed by atoms with E-state index in [1.807, 2.05) is 6.07 Å². The van der Waals surface area contributed by atoms with Crippen molar-refractivity contribution in [2.75, 3.05) is 0 Å². The Morgan fingerprint density at radius 1 is 0.889 bits per heavy atom. The van der Waals surface area contributed by atoms with Crippen LogP contribution < -0.4 is 0 Å². The number of rotatable bonds is 3. The molecular weight excluding hydrogens is 231 g/mol. The minimum absolute atomic E-state index is 0.370. The summed E-state index contributed by atoms with van der Waals surface area (Å²) in [7, 11) is 0. The molecule has 3 heteroatoms. The van der Waals surface area contributed by atoms with Gasteiger partial charge in [0.2, 0.25) is 0 Å². The van der Waals surface area contributed by atoms with E-state index in [1.165, 1.54) is 6.07 Å². The van der Waals surface area contributed by atoms with E-state index in [1.54, 1.807) is 43.3 Å². The first kappa shape index (κ1) is 12.7. The van der Waals surface area contributed by atoms with Gasteiger partial charge in [0.1, 0.15) is 18.0 Å². The Labute approximate surface area is 105 Å². The molecule has 2 atom stereocenters. The van der Waals surface area contributed by atoms with Gasteiger partial charge >= 0.3 is 0 Å². The molecule has 2 unspecified atom stereocenters. The van der Waals surface area contributed by atoms with E-state index in [0.29, 0.717) is 16.7 Å². The minimum Gasteiger partial charge on any atom is -0.385 e. The maximum absolute atomic E-state index is 13.4. The Balaban J connectivity index is 2.25. The Hall–Kier alpha value is -1.71. The van der Waals surface area contributed by atoms with Gasteiger partial charge in [-0.15, -0.1) is 0 Å². The molecule has 0 saturated heterocycles. The number of halogens is 1. The number of hydrogen-bond donors (Lipinski definition) is 2. The monoisotopic (exact) mass is 246 g/mol. The summed E-state index contributed by atoms with van der Waals surface area (Å²) in [6.07, 6.45) is -2.20. The number of aliphatic hydroxyl groups excluding tert-OH is 2. The molecule has 0 aromatic heterocycles. The van der Waals surface area contributed by atoms with Crippen molar-refractivity contribution in [1.29, 1.82) is 0 Å². The van der Waals surface area contributed by atoms with Gasteiger partial charge in [0.15, 0.2) is 0 Å². The van der Waals surface area contributed by atoms with Crippen molar-refractivity contribution in [3.05, 3.63) is 71.0 Å². The van der Waals surface area contributed by atoms with Gasteiger partial charge in [-0.3, -0.25) is 0 Å². The zero-order valence-corrected chi connectivity index (χ0v) is 10.0. The Bertz CT molecular complexity index is 525. The third-order valence-corrected chi connectivity index (χ3v) is 2.98. The summed E-state index contributed by atoms with van der Waals surface area (Å²) in [4.78, 5) is 0. The second-order valence-electron chi connectivity index (χ2n) is 4.31. The summed E-state index contributed by atoms with van der Waals surface area (Å²) in [5.41, 5.74) is 1.49. The normalized spacial score (nSPS) is 14.2. The topological polar surface area (TPSA) is 40.5 Å². The molecular formula is C15H15FO2. The highest BCUT2D eigenvalue weighted by molar-refractivity contribution is 5.28. The molecule has 18 heavy (non-hydrogen) atoms. The summed E-state index contributed by atoms with van der Waals surface area (Å²) in [5, 5.41) is 20.1. The number of aliphatic hydroxyl groups is 2. The quantitative estimate of drug-likeness (QED) is 0.874. The van der Waals surface area contributed by atoms with Gasteiger partial charge in [0.05, 0.1) is 0 Å². The minimum atomic E-state index is -1.14. The third kappa shape index (κ3) is 2.58. The molecule has 2 nitrogen and oxygen atoms in total. The van der Waals surface area contributed by atoms with Crippen molar-refractivity contribution in [2.45, 2.75) is 19.1 Å². The fraction of sp³-hybridized carbons (Fsp3) is 0.200. The number of benzene rings is 2. The Morgan fingerprint density at radius 2 is 1.50 bits per heavy atom. The fourth-order valence-electron chi connectivity index (χ4n) is 1.81. The molecule has 0 aliphatic carbocycles. The van der Waals surface area contributed by atoms with Gasteiger partial charge in [-0.1, -0.05) is 42.5 Å². The van der Waals surface area contributed by atoms with Crippen LogP contribution in [0.15, 0.2) is 48.5 Å². The standard InChI is InChI=1S/C15H15FO2/c1-10-7-8-12(9-13(10)16)15(18)14(17)11-5-3-2-4-6-11/h2-9,14-15,17-18H,1H3. The maximum atomic E-state index is 13.4. The van der Waals surface area contributed by atoms with Crippen LogP contribution in [0.1, 0.15) is 28.9 Å². The van der Waals surface area contributed by atoms with E-state index in [2.05, 4.69) is 0 Å². The van der Waals surface area contributed by atoms with Gasteiger partial charge in [-0.2, -0.15) is 0 Å². The lowest BCUT2D eigenvalue weighted by Crippen LogP contribution is -2.10. The van der Waals surface area contributed by atoms with Crippen LogP contribution in [-0.4, -0.2) is 10.2 Å². The van der Waals surface area contributed by atoms with E-state index in [0.717, 1.165) is 0 Å². The summed E-state index contributed by atoms with van der Waals surface area (Å²) < 4.78 is 13.4. The van der Waals surface area contributed by atoms with E-state index in [4.69, 9.17) is 0 Å². The van der Waals surface area contributed by atoms with Gasteiger partial charge < -0.3 is 10.2 Å². The highest BCUT2D eigenvalue weighted by Crippen LogP contribution is 2.29. The second-order valence-corrected chi connectivity index (χ2v) is 4.31. The summed E-state index contributed by atoms with van der Waals surface area (Å²) in [5.74, 6) is -0.383. The lowest BCUT2D eigenvalue weighted by atomic mass is 9.97. The van der Waals surface area contributed by atoms with E-state index >= 15 is 0 Å². The van der Waals surface area contributed by atoms with Crippen molar-refractivity contribution in [3.8, 4) is 0 Å². The highest BCUT2D eigenvalue weighted by atomic mass is 19.1. The van der Waals surface area contributed by atoms with Crippen LogP contribution >= 0.6 is 0 Å². The van der Waals surface area contributed by atoms with Gasteiger partial charge in [-0.05, 0) is 29.7 Å².